The third-order valence-corrected chi connectivity index (χ3v) is 4.04. The van der Waals surface area contributed by atoms with Gasteiger partial charge in [-0.05, 0) is 56.9 Å². The molecular formula is C17H28N2O3S. The van der Waals surface area contributed by atoms with E-state index < -0.39 is 6.04 Å². The maximum absolute atomic E-state index is 12.1. The van der Waals surface area contributed by atoms with Gasteiger partial charge in [0.1, 0.15) is 0 Å². The molecule has 1 aromatic rings. The first-order valence-electron chi connectivity index (χ1n) is 7.97. The van der Waals surface area contributed by atoms with Crippen molar-refractivity contribution >= 4 is 17.7 Å². The highest BCUT2D eigenvalue weighted by Gasteiger charge is 2.17. The molecule has 6 heteroatoms. The smallest absolute Gasteiger partial charge is 0.237 e. The minimum absolute atomic E-state index is 0.126. The van der Waals surface area contributed by atoms with Crippen LogP contribution in [0.5, 0.6) is 11.5 Å². The van der Waals surface area contributed by atoms with Crippen LogP contribution in [-0.4, -0.2) is 37.2 Å². The van der Waals surface area contributed by atoms with Gasteiger partial charge in [0.05, 0.1) is 25.3 Å². The SMILES string of the molecule is CCOc1ccc(C(C)NC(=O)C(N)CCSC)cc1OCC. The van der Waals surface area contributed by atoms with Crippen molar-refractivity contribution in [2.24, 2.45) is 5.73 Å². The van der Waals surface area contributed by atoms with Crippen molar-refractivity contribution in [1.82, 2.24) is 5.32 Å². The summed E-state index contributed by atoms with van der Waals surface area (Å²) in [7, 11) is 0. The molecule has 130 valence electrons. The van der Waals surface area contributed by atoms with E-state index in [1.807, 2.05) is 45.2 Å². The Hall–Kier alpha value is -1.40. The summed E-state index contributed by atoms with van der Waals surface area (Å²) in [6.07, 6.45) is 2.68. The summed E-state index contributed by atoms with van der Waals surface area (Å²) >= 11 is 1.69. The molecule has 2 unspecified atom stereocenters. The highest BCUT2D eigenvalue weighted by atomic mass is 32.2. The quantitative estimate of drug-likeness (QED) is 0.685. The summed E-state index contributed by atoms with van der Waals surface area (Å²) in [4.78, 5) is 12.1. The first-order chi connectivity index (χ1) is 11.0. The Morgan fingerprint density at radius 2 is 1.91 bits per heavy atom. The number of amides is 1. The molecule has 0 fully saturated rings. The lowest BCUT2D eigenvalue weighted by Crippen LogP contribution is -2.41. The van der Waals surface area contributed by atoms with Crippen molar-refractivity contribution in [3.63, 3.8) is 0 Å². The van der Waals surface area contributed by atoms with Crippen LogP contribution in [0.25, 0.3) is 0 Å². The highest BCUT2D eigenvalue weighted by Crippen LogP contribution is 2.30. The van der Waals surface area contributed by atoms with E-state index in [0.717, 1.165) is 11.3 Å². The van der Waals surface area contributed by atoms with Gasteiger partial charge >= 0.3 is 0 Å². The molecule has 3 N–H and O–H groups in total. The molecule has 0 saturated carbocycles. The minimum atomic E-state index is -0.473. The number of nitrogens with one attached hydrogen (secondary N) is 1. The Morgan fingerprint density at radius 3 is 2.52 bits per heavy atom. The number of ether oxygens (including phenoxy) is 2. The summed E-state index contributed by atoms with van der Waals surface area (Å²) < 4.78 is 11.2. The lowest BCUT2D eigenvalue weighted by atomic mass is 10.1. The van der Waals surface area contributed by atoms with E-state index in [9.17, 15) is 4.79 Å². The fourth-order valence-electron chi connectivity index (χ4n) is 2.12. The molecule has 0 bridgehead atoms. The number of hydrogen-bond acceptors (Lipinski definition) is 5. The molecule has 0 aliphatic rings. The zero-order valence-corrected chi connectivity index (χ0v) is 15.2. The van der Waals surface area contributed by atoms with Crippen LogP contribution in [0.15, 0.2) is 18.2 Å². The predicted molar refractivity (Wildman–Crippen MR) is 96.3 cm³/mol. The molecule has 5 nitrogen and oxygen atoms in total. The number of carbonyl (C=O) groups excluding carboxylic acids is 1. The van der Waals surface area contributed by atoms with E-state index in [0.29, 0.717) is 31.1 Å². The third-order valence-electron chi connectivity index (χ3n) is 3.40. The van der Waals surface area contributed by atoms with Crippen LogP contribution in [0.1, 0.15) is 38.8 Å². The van der Waals surface area contributed by atoms with Crippen LogP contribution in [0, 0.1) is 0 Å². The molecule has 0 aliphatic carbocycles. The second-order valence-electron chi connectivity index (χ2n) is 5.19. The second-order valence-corrected chi connectivity index (χ2v) is 6.18. The van der Waals surface area contributed by atoms with E-state index in [-0.39, 0.29) is 11.9 Å². The highest BCUT2D eigenvalue weighted by molar-refractivity contribution is 7.98. The number of benzene rings is 1. The van der Waals surface area contributed by atoms with Gasteiger partial charge in [-0.25, -0.2) is 0 Å². The van der Waals surface area contributed by atoms with Crippen LogP contribution in [-0.2, 0) is 4.79 Å². The maximum atomic E-state index is 12.1. The van der Waals surface area contributed by atoms with Gasteiger partial charge in [0, 0.05) is 0 Å². The Bertz CT molecular complexity index is 497. The Kier molecular flexibility index (Phi) is 8.87. The normalized spacial score (nSPS) is 13.3. The number of nitrogens with two attached hydrogens (primary N) is 1. The van der Waals surface area contributed by atoms with Gasteiger partial charge in [-0.15, -0.1) is 0 Å². The second kappa shape index (κ2) is 10.4. The van der Waals surface area contributed by atoms with Crippen molar-refractivity contribution in [3.8, 4) is 11.5 Å². The van der Waals surface area contributed by atoms with Gasteiger partial charge in [-0.1, -0.05) is 6.07 Å². The third kappa shape index (κ3) is 6.31. The number of thioether (sulfide) groups is 1. The average Bonchev–Trinajstić information content (AvgIpc) is 2.54. The zero-order valence-electron chi connectivity index (χ0n) is 14.4. The first-order valence-corrected chi connectivity index (χ1v) is 9.37. The molecule has 0 radical (unpaired) electrons. The van der Waals surface area contributed by atoms with Crippen LogP contribution in [0.4, 0.5) is 0 Å². The number of carbonyl (C=O) groups is 1. The number of hydrogen-bond donors (Lipinski definition) is 2. The fraction of sp³-hybridized carbons (Fsp3) is 0.588. The van der Waals surface area contributed by atoms with Crippen molar-refractivity contribution in [2.45, 2.75) is 39.3 Å². The van der Waals surface area contributed by atoms with Gasteiger partial charge in [0.2, 0.25) is 5.91 Å². The largest absolute Gasteiger partial charge is 0.490 e. The summed E-state index contributed by atoms with van der Waals surface area (Å²) in [5.74, 6) is 2.16. The van der Waals surface area contributed by atoms with E-state index in [1.165, 1.54) is 0 Å². The standard InChI is InChI=1S/C17H28N2O3S/c1-5-21-15-8-7-13(11-16(15)22-6-2)12(3)19-17(20)14(18)9-10-23-4/h7-8,11-12,14H,5-6,9-10,18H2,1-4H3,(H,19,20). The van der Waals surface area contributed by atoms with Gasteiger partial charge in [0.15, 0.2) is 11.5 Å². The van der Waals surface area contributed by atoms with Crippen molar-refractivity contribution < 1.29 is 14.3 Å². The van der Waals surface area contributed by atoms with Crippen molar-refractivity contribution in [1.29, 1.82) is 0 Å². The topological polar surface area (TPSA) is 73.6 Å². The molecule has 0 aliphatic heterocycles. The van der Waals surface area contributed by atoms with E-state index in [2.05, 4.69) is 5.32 Å². The summed E-state index contributed by atoms with van der Waals surface area (Å²) in [6.45, 7) is 6.94. The predicted octanol–water partition coefficient (Wildman–Crippen LogP) is 2.74. The fourth-order valence-corrected chi connectivity index (χ4v) is 2.61. The molecule has 0 saturated heterocycles. The molecule has 1 aromatic carbocycles. The molecule has 1 rings (SSSR count). The van der Waals surface area contributed by atoms with Crippen molar-refractivity contribution in [2.75, 3.05) is 25.2 Å². The van der Waals surface area contributed by atoms with Crippen LogP contribution >= 0.6 is 11.8 Å². The van der Waals surface area contributed by atoms with E-state index >= 15 is 0 Å². The summed E-state index contributed by atoms with van der Waals surface area (Å²) in [6, 6.07) is 5.11. The number of rotatable bonds is 10. The lowest BCUT2D eigenvalue weighted by molar-refractivity contribution is -0.123. The van der Waals surface area contributed by atoms with Gasteiger partial charge in [-0.3, -0.25) is 4.79 Å². The van der Waals surface area contributed by atoms with Crippen LogP contribution < -0.4 is 20.5 Å². The summed E-state index contributed by atoms with van der Waals surface area (Å²) in [5, 5.41) is 2.96. The van der Waals surface area contributed by atoms with Gasteiger partial charge < -0.3 is 20.5 Å². The minimum Gasteiger partial charge on any atom is -0.490 e. The Labute approximate surface area is 143 Å². The molecule has 0 aromatic heterocycles. The molecule has 0 heterocycles. The Balaban J connectivity index is 2.76. The first kappa shape index (κ1) is 19.6. The van der Waals surface area contributed by atoms with Crippen molar-refractivity contribution in [3.05, 3.63) is 23.8 Å². The lowest BCUT2D eigenvalue weighted by Gasteiger charge is -2.19. The maximum Gasteiger partial charge on any atom is 0.237 e. The van der Waals surface area contributed by atoms with E-state index in [1.54, 1.807) is 11.8 Å². The molecule has 1 amide bonds. The molecular weight excluding hydrogens is 312 g/mol. The monoisotopic (exact) mass is 340 g/mol. The molecule has 23 heavy (non-hydrogen) atoms. The van der Waals surface area contributed by atoms with Crippen LogP contribution in [0.2, 0.25) is 0 Å². The zero-order chi connectivity index (χ0) is 17.2. The Morgan fingerprint density at radius 1 is 1.26 bits per heavy atom. The molecule has 2 atom stereocenters. The molecule has 0 spiro atoms. The van der Waals surface area contributed by atoms with Gasteiger partial charge in [0.25, 0.3) is 0 Å². The van der Waals surface area contributed by atoms with Crippen LogP contribution in [0.3, 0.4) is 0 Å². The average molecular weight is 340 g/mol. The van der Waals surface area contributed by atoms with E-state index in [4.69, 9.17) is 15.2 Å². The summed E-state index contributed by atoms with van der Waals surface area (Å²) in [5.41, 5.74) is 6.86. The van der Waals surface area contributed by atoms with Gasteiger partial charge in [-0.2, -0.15) is 11.8 Å².